The Morgan fingerprint density at radius 1 is 1.27 bits per heavy atom. The van der Waals surface area contributed by atoms with Crippen molar-refractivity contribution in [3.05, 3.63) is 47.5 Å². The molecule has 3 rings (SSSR count). The average Bonchev–Trinajstić information content (AvgIpc) is 2.30. The summed E-state index contributed by atoms with van der Waals surface area (Å²) in [5.41, 5.74) is 2.07. The number of hydrogen-bond donors (Lipinski definition) is 1. The van der Waals surface area contributed by atoms with E-state index in [1.807, 2.05) is 18.2 Å². The normalized spacial score (nSPS) is 27.9. The molecular formula is C13H13NO. The SMILES string of the molecule is O=C1N[C@H]2C=CCC[C@H]2c2ccccc21. The van der Waals surface area contributed by atoms with Crippen molar-refractivity contribution in [2.45, 2.75) is 24.8 Å². The van der Waals surface area contributed by atoms with Crippen LogP contribution in [0, 0.1) is 0 Å². The molecule has 0 bridgehead atoms. The molecule has 0 saturated carbocycles. The van der Waals surface area contributed by atoms with Crippen molar-refractivity contribution in [3.63, 3.8) is 0 Å². The van der Waals surface area contributed by atoms with E-state index in [4.69, 9.17) is 0 Å². The molecule has 0 radical (unpaired) electrons. The van der Waals surface area contributed by atoms with Crippen LogP contribution in [0.15, 0.2) is 36.4 Å². The van der Waals surface area contributed by atoms with Crippen molar-refractivity contribution < 1.29 is 4.79 Å². The molecule has 1 aliphatic heterocycles. The molecule has 2 aliphatic rings. The number of carbonyl (C=O) groups is 1. The molecule has 76 valence electrons. The van der Waals surface area contributed by atoms with E-state index in [0.29, 0.717) is 5.92 Å². The van der Waals surface area contributed by atoms with Crippen LogP contribution in [0.5, 0.6) is 0 Å². The molecule has 1 heterocycles. The predicted octanol–water partition coefficient (Wildman–Crippen LogP) is 2.23. The number of amides is 1. The largest absolute Gasteiger partial charge is 0.345 e. The summed E-state index contributed by atoms with van der Waals surface area (Å²) in [5, 5.41) is 3.05. The number of rotatable bonds is 0. The van der Waals surface area contributed by atoms with Gasteiger partial charge in [0, 0.05) is 11.5 Å². The van der Waals surface area contributed by atoms with E-state index >= 15 is 0 Å². The minimum Gasteiger partial charge on any atom is -0.345 e. The second-order valence-electron chi connectivity index (χ2n) is 4.20. The molecular weight excluding hydrogens is 186 g/mol. The second kappa shape index (κ2) is 3.23. The fourth-order valence-corrected chi connectivity index (χ4v) is 2.59. The van der Waals surface area contributed by atoms with Gasteiger partial charge in [-0.25, -0.2) is 0 Å². The molecule has 0 saturated heterocycles. The first-order valence-electron chi connectivity index (χ1n) is 5.43. The van der Waals surface area contributed by atoms with Gasteiger partial charge in [0.05, 0.1) is 6.04 Å². The van der Waals surface area contributed by atoms with Crippen LogP contribution in [0.25, 0.3) is 0 Å². The molecule has 1 aliphatic carbocycles. The number of benzene rings is 1. The number of hydrogen-bond acceptors (Lipinski definition) is 1. The zero-order chi connectivity index (χ0) is 10.3. The third-order valence-corrected chi connectivity index (χ3v) is 3.32. The minimum absolute atomic E-state index is 0.0680. The first kappa shape index (κ1) is 8.72. The first-order chi connectivity index (χ1) is 7.36. The highest BCUT2D eigenvalue weighted by atomic mass is 16.1. The number of fused-ring (bicyclic) bond motifs is 3. The maximum Gasteiger partial charge on any atom is 0.252 e. The van der Waals surface area contributed by atoms with E-state index in [1.165, 1.54) is 5.56 Å². The monoisotopic (exact) mass is 199 g/mol. The van der Waals surface area contributed by atoms with Crippen LogP contribution in [0.3, 0.4) is 0 Å². The van der Waals surface area contributed by atoms with Crippen LogP contribution in [0.2, 0.25) is 0 Å². The topological polar surface area (TPSA) is 29.1 Å². The molecule has 1 amide bonds. The van der Waals surface area contributed by atoms with Crippen molar-refractivity contribution >= 4 is 5.91 Å². The Morgan fingerprint density at radius 3 is 3.07 bits per heavy atom. The van der Waals surface area contributed by atoms with Crippen molar-refractivity contribution in [3.8, 4) is 0 Å². The van der Waals surface area contributed by atoms with Crippen molar-refractivity contribution in [2.75, 3.05) is 0 Å². The molecule has 1 aromatic carbocycles. The molecule has 0 spiro atoms. The summed E-state index contributed by atoms with van der Waals surface area (Å²) in [4.78, 5) is 11.8. The Bertz CT molecular complexity index is 436. The van der Waals surface area contributed by atoms with Crippen molar-refractivity contribution in [1.29, 1.82) is 0 Å². The highest BCUT2D eigenvalue weighted by molar-refractivity contribution is 5.97. The van der Waals surface area contributed by atoms with E-state index in [9.17, 15) is 4.79 Å². The molecule has 0 unspecified atom stereocenters. The lowest BCUT2D eigenvalue weighted by Gasteiger charge is -2.34. The summed E-state index contributed by atoms with van der Waals surface area (Å²) in [5.74, 6) is 0.544. The lowest BCUT2D eigenvalue weighted by Crippen LogP contribution is -2.44. The Hall–Kier alpha value is -1.57. The van der Waals surface area contributed by atoms with Gasteiger partial charge in [0.25, 0.3) is 5.91 Å². The van der Waals surface area contributed by atoms with Crippen molar-refractivity contribution in [2.24, 2.45) is 0 Å². The van der Waals surface area contributed by atoms with Gasteiger partial charge >= 0.3 is 0 Å². The second-order valence-corrected chi connectivity index (χ2v) is 4.20. The highest BCUT2D eigenvalue weighted by Gasteiger charge is 2.32. The average molecular weight is 199 g/mol. The lowest BCUT2D eigenvalue weighted by molar-refractivity contribution is 0.0923. The molecule has 2 nitrogen and oxygen atoms in total. The third kappa shape index (κ3) is 1.29. The minimum atomic E-state index is 0.0680. The fraction of sp³-hybridized carbons (Fsp3) is 0.308. The number of allylic oxidation sites excluding steroid dienone is 1. The summed E-state index contributed by atoms with van der Waals surface area (Å²) in [6.45, 7) is 0. The smallest absolute Gasteiger partial charge is 0.252 e. The van der Waals surface area contributed by atoms with Crippen LogP contribution in [-0.4, -0.2) is 11.9 Å². The predicted molar refractivity (Wildman–Crippen MR) is 58.8 cm³/mol. The molecule has 15 heavy (non-hydrogen) atoms. The summed E-state index contributed by atoms with van der Waals surface area (Å²) in [7, 11) is 0. The Labute approximate surface area is 89.0 Å². The van der Waals surface area contributed by atoms with E-state index in [-0.39, 0.29) is 11.9 Å². The highest BCUT2D eigenvalue weighted by Crippen LogP contribution is 2.34. The van der Waals surface area contributed by atoms with Gasteiger partial charge in [-0.05, 0) is 24.5 Å². The summed E-state index contributed by atoms with van der Waals surface area (Å²) >= 11 is 0. The van der Waals surface area contributed by atoms with Gasteiger partial charge in [0.15, 0.2) is 0 Å². The molecule has 0 aromatic heterocycles. The molecule has 2 atom stereocenters. The Kier molecular flexibility index (Phi) is 1.88. The van der Waals surface area contributed by atoms with Crippen LogP contribution < -0.4 is 5.32 Å². The van der Waals surface area contributed by atoms with Crippen LogP contribution in [-0.2, 0) is 0 Å². The number of nitrogens with one attached hydrogen (secondary N) is 1. The summed E-state index contributed by atoms with van der Waals surface area (Å²) < 4.78 is 0. The fourth-order valence-electron chi connectivity index (χ4n) is 2.59. The van der Waals surface area contributed by atoms with Gasteiger partial charge in [0.2, 0.25) is 0 Å². The molecule has 0 fully saturated rings. The summed E-state index contributed by atoms with van der Waals surface area (Å²) in [6, 6.07) is 8.16. The molecule has 1 aromatic rings. The van der Waals surface area contributed by atoms with E-state index < -0.39 is 0 Å². The first-order valence-corrected chi connectivity index (χ1v) is 5.43. The van der Waals surface area contributed by atoms with Gasteiger partial charge in [-0.15, -0.1) is 0 Å². The third-order valence-electron chi connectivity index (χ3n) is 3.32. The number of carbonyl (C=O) groups excluding carboxylic acids is 1. The standard InChI is InChI=1S/C13H13NO/c15-13-11-7-2-1-5-9(11)10-6-3-4-8-12(10)14-13/h1-2,4-5,7-8,10,12H,3,6H2,(H,14,15)/t10-,12-/m0/s1. The van der Waals surface area contributed by atoms with E-state index in [1.54, 1.807) is 0 Å². The Balaban J connectivity index is 2.12. The summed E-state index contributed by atoms with van der Waals surface area (Å²) in [6.07, 6.45) is 6.54. The van der Waals surface area contributed by atoms with E-state index in [0.717, 1.165) is 18.4 Å². The van der Waals surface area contributed by atoms with Gasteiger partial charge in [-0.3, -0.25) is 4.79 Å². The molecule has 2 heteroatoms. The van der Waals surface area contributed by atoms with Gasteiger partial charge in [-0.1, -0.05) is 30.4 Å². The lowest BCUT2D eigenvalue weighted by atomic mass is 9.79. The maximum absolute atomic E-state index is 11.8. The van der Waals surface area contributed by atoms with Gasteiger partial charge in [-0.2, -0.15) is 0 Å². The quantitative estimate of drug-likeness (QED) is 0.638. The zero-order valence-corrected chi connectivity index (χ0v) is 8.44. The van der Waals surface area contributed by atoms with Crippen molar-refractivity contribution in [1.82, 2.24) is 5.32 Å². The Morgan fingerprint density at radius 2 is 2.13 bits per heavy atom. The van der Waals surface area contributed by atoms with Crippen LogP contribution >= 0.6 is 0 Å². The van der Waals surface area contributed by atoms with Crippen LogP contribution in [0.4, 0.5) is 0 Å². The van der Waals surface area contributed by atoms with Crippen LogP contribution in [0.1, 0.15) is 34.7 Å². The maximum atomic E-state index is 11.8. The van der Waals surface area contributed by atoms with E-state index in [2.05, 4.69) is 23.5 Å². The molecule has 1 N–H and O–H groups in total. The zero-order valence-electron chi connectivity index (χ0n) is 8.44. The van der Waals surface area contributed by atoms with Gasteiger partial charge in [0.1, 0.15) is 0 Å². The van der Waals surface area contributed by atoms with Gasteiger partial charge < -0.3 is 5.32 Å².